The van der Waals surface area contributed by atoms with Crippen LogP contribution in [0.1, 0.15) is 20.8 Å². The molecule has 1 aromatic heterocycles. The Morgan fingerprint density at radius 1 is 1.24 bits per heavy atom. The highest BCUT2D eigenvalue weighted by atomic mass is 32.1. The lowest BCUT2D eigenvalue weighted by Gasteiger charge is -2.28. The molecule has 0 unspecified atom stereocenters. The number of aromatic carboxylic acids is 1. The Hall–Kier alpha value is -2.84. The van der Waals surface area contributed by atoms with E-state index >= 15 is 0 Å². The van der Waals surface area contributed by atoms with Crippen LogP contribution >= 0.6 is 23.6 Å². The fourth-order valence-corrected chi connectivity index (χ4v) is 3.45. The first-order chi connectivity index (χ1) is 11.9. The third-order valence-electron chi connectivity index (χ3n) is 3.65. The highest BCUT2D eigenvalue weighted by Crippen LogP contribution is 2.25. The molecule has 0 bridgehead atoms. The monoisotopic (exact) mass is 372 g/mol. The molecule has 0 radical (unpaired) electrons. The molecule has 2 N–H and O–H groups in total. The van der Waals surface area contributed by atoms with Crippen LogP contribution in [0.3, 0.4) is 0 Å². The maximum absolute atomic E-state index is 12.8. The smallest absolute Gasteiger partial charge is 0.335 e. The van der Waals surface area contributed by atoms with Crippen molar-refractivity contribution in [3.63, 3.8) is 0 Å². The molecule has 8 heteroatoms. The summed E-state index contributed by atoms with van der Waals surface area (Å²) in [5.74, 6) is -2.17. The Morgan fingerprint density at radius 3 is 2.48 bits per heavy atom. The minimum Gasteiger partial charge on any atom is -0.478 e. The molecule has 0 saturated carbocycles. The highest BCUT2D eigenvalue weighted by molar-refractivity contribution is 7.80. The number of anilines is 1. The molecule has 1 aliphatic heterocycles. The highest BCUT2D eigenvalue weighted by Gasteiger charge is 2.34. The summed E-state index contributed by atoms with van der Waals surface area (Å²) >= 11 is 6.53. The molecule has 1 saturated heterocycles. The Morgan fingerprint density at radius 2 is 1.92 bits per heavy atom. The number of amides is 2. The molecule has 2 amide bonds. The second-order valence-electron chi connectivity index (χ2n) is 5.28. The van der Waals surface area contributed by atoms with E-state index in [1.165, 1.54) is 46.6 Å². The van der Waals surface area contributed by atoms with Gasteiger partial charge in [0.15, 0.2) is 5.11 Å². The van der Waals surface area contributed by atoms with E-state index < -0.39 is 17.8 Å². The van der Waals surface area contributed by atoms with E-state index in [0.29, 0.717) is 5.69 Å². The largest absolute Gasteiger partial charge is 0.478 e. The molecule has 1 fully saturated rings. The Bertz CT molecular complexity index is 928. The van der Waals surface area contributed by atoms with Crippen molar-refractivity contribution in [2.45, 2.75) is 6.92 Å². The predicted octanol–water partition coefficient (Wildman–Crippen LogP) is 2.59. The van der Waals surface area contributed by atoms with E-state index in [9.17, 15) is 14.4 Å². The van der Waals surface area contributed by atoms with Crippen molar-refractivity contribution in [2.24, 2.45) is 0 Å². The van der Waals surface area contributed by atoms with Crippen molar-refractivity contribution in [3.05, 3.63) is 57.3 Å². The Labute approximate surface area is 152 Å². The predicted molar refractivity (Wildman–Crippen MR) is 98.7 cm³/mol. The van der Waals surface area contributed by atoms with Crippen molar-refractivity contribution in [3.8, 4) is 0 Å². The standard InChI is InChI=1S/C17H12N2O4S2/c1-9-6-7-25-13(9)8-12-14(20)18-17(24)19(15(12)21)11-4-2-10(3-5-11)16(22)23/h2-8H,1H3,(H,22,23)(H,18,20,24). The van der Waals surface area contributed by atoms with E-state index in [1.807, 2.05) is 18.4 Å². The second-order valence-corrected chi connectivity index (χ2v) is 6.61. The number of rotatable bonds is 3. The van der Waals surface area contributed by atoms with Gasteiger partial charge < -0.3 is 5.11 Å². The Kier molecular flexibility index (Phi) is 4.47. The minimum absolute atomic E-state index is 0.0264. The number of thiophene rings is 1. The lowest BCUT2D eigenvalue weighted by atomic mass is 10.1. The molecule has 0 spiro atoms. The van der Waals surface area contributed by atoms with Crippen LogP contribution in [0.4, 0.5) is 5.69 Å². The molecule has 25 heavy (non-hydrogen) atoms. The number of carbonyl (C=O) groups is 3. The summed E-state index contributed by atoms with van der Waals surface area (Å²) in [6.45, 7) is 1.89. The van der Waals surface area contributed by atoms with Crippen molar-refractivity contribution >= 4 is 58.2 Å². The average molecular weight is 372 g/mol. The number of nitrogens with zero attached hydrogens (tertiary/aromatic N) is 1. The Balaban J connectivity index is 1.99. The van der Waals surface area contributed by atoms with Crippen LogP contribution in [0.25, 0.3) is 6.08 Å². The summed E-state index contributed by atoms with van der Waals surface area (Å²) in [6, 6.07) is 7.58. The molecule has 0 atom stereocenters. The van der Waals surface area contributed by atoms with E-state index in [1.54, 1.807) is 0 Å². The first-order valence-corrected chi connectivity index (χ1v) is 8.46. The number of thiocarbonyl (C=S) groups is 1. The van der Waals surface area contributed by atoms with Crippen LogP contribution in [0.15, 0.2) is 41.3 Å². The number of carbonyl (C=O) groups excluding carboxylic acids is 2. The maximum Gasteiger partial charge on any atom is 0.335 e. The first-order valence-electron chi connectivity index (χ1n) is 7.17. The van der Waals surface area contributed by atoms with Crippen molar-refractivity contribution in [2.75, 3.05) is 4.90 Å². The lowest BCUT2D eigenvalue weighted by Crippen LogP contribution is -2.54. The number of carboxylic acid groups (broad SMARTS) is 1. The van der Waals surface area contributed by atoms with Gasteiger partial charge in [0.1, 0.15) is 5.57 Å². The van der Waals surface area contributed by atoms with Crippen molar-refractivity contribution < 1.29 is 19.5 Å². The first kappa shape index (κ1) is 17.0. The summed E-state index contributed by atoms with van der Waals surface area (Å²) in [4.78, 5) is 37.9. The molecule has 2 aromatic rings. The SMILES string of the molecule is Cc1ccsc1C=C1C(=O)NC(=S)N(c2ccc(C(=O)O)cc2)C1=O. The number of aryl methyl sites for hydroxylation is 1. The number of carboxylic acids is 1. The van der Waals surface area contributed by atoms with Gasteiger partial charge in [-0.05, 0) is 66.5 Å². The summed E-state index contributed by atoms with van der Waals surface area (Å²) in [5.41, 5.74) is 1.41. The molecule has 1 aliphatic rings. The van der Waals surface area contributed by atoms with Crippen LogP contribution in [-0.4, -0.2) is 28.0 Å². The molecule has 0 aliphatic carbocycles. The van der Waals surface area contributed by atoms with E-state index in [2.05, 4.69) is 5.32 Å². The van der Waals surface area contributed by atoms with Gasteiger partial charge in [-0.1, -0.05) is 0 Å². The van der Waals surface area contributed by atoms with Crippen LogP contribution in [0, 0.1) is 6.92 Å². The lowest BCUT2D eigenvalue weighted by molar-refractivity contribution is -0.122. The summed E-state index contributed by atoms with van der Waals surface area (Å²) in [5, 5.41) is 13.3. The zero-order chi connectivity index (χ0) is 18.1. The number of nitrogens with one attached hydrogen (secondary N) is 1. The average Bonchev–Trinajstić information content (AvgIpc) is 2.96. The summed E-state index contributed by atoms with van der Waals surface area (Å²) in [7, 11) is 0. The number of hydrogen-bond donors (Lipinski definition) is 2. The van der Waals surface area contributed by atoms with Gasteiger partial charge in [-0.3, -0.25) is 19.8 Å². The van der Waals surface area contributed by atoms with Crippen LogP contribution in [-0.2, 0) is 9.59 Å². The van der Waals surface area contributed by atoms with Gasteiger partial charge >= 0.3 is 5.97 Å². The van der Waals surface area contributed by atoms with Gasteiger partial charge in [-0.2, -0.15) is 0 Å². The number of benzene rings is 1. The third-order valence-corrected chi connectivity index (χ3v) is 4.90. The topological polar surface area (TPSA) is 86.7 Å². The molecule has 6 nitrogen and oxygen atoms in total. The van der Waals surface area contributed by atoms with Crippen LogP contribution in [0.5, 0.6) is 0 Å². The van der Waals surface area contributed by atoms with Crippen LogP contribution < -0.4 is 10.2 Å². The molecular formula is C17H12N2O4S2. The maximum atomic E-state index is 12.8. The van der Waals surface area contributed by atoms with Crippen molar-refractivity contribution in [1.29, 1.82) is 0 Å². The molecular weight excluding hydrogens is 360 g/mol. The number of hydrogen-bond acceptors (Lipinski definition) is 5. The summed E-state index contributed by atoms with van der Waals surface area (Å²) in [6.07, 6.45) is 1.54. The van der Waals surface area contributed by atoms with Gasteiger partial charge in [-0.15, -0.1) is 11.3 Å². The zero-order valence-electron chi connectivity index (χ0n) is 13.0. The van der Waals surface area contributed by atoms with Crippen molar-refractivity contribution in [1.82, 2.24) is 5.32 Å². The second kappa shape index (κ2) is 6.58. The van der Waals surface area contributed by atoms with E-state index in [0.717, 1.165) is 10.4 Å². The normalized spacial score (nSPS) is 16.3. The van der Waals surface area contributed by atoms with E-state index in [4.69, 9.17) is 17.3 Å². The molecule has 126 valence electrons. The molecule has 3 rings (SSSR count). The third kappa shape index (κ3) is 3.21. The molecule has 1 aromatic carbocycles. The minimum atomic E-state index is -1.07. The fourth-order valence-electron chi connectivity index (χ4n) is 2.31. The molecule has 2 heterocycles. The fraction of sp³-hybridized carbons (Fsp3) is 0.0588. The zero-order valence-corrected chi connectivity index (χ0v) is 14.6. The van der Waals surface area contributed by atoms with E-state index in [-0.39, 0.29) is 16.2 Å². The van der Waals surface area contributed by atoms with Gasteiger partial charge in [0.05, 0.1) is 11.3 Å². The van der Waals surface area contributed by atoms with Gasteiger partial charge in [0, 0.05) is 4.88 Å². The van der Waals surface area contributed by atoms with Gasteiger partial charge in [0.25, 0.3) is 11.8 Å². The van der Waals surface area contributed by atoms with Gasteiger partial charge in [0.2, 0.25) is 0 Å². The van der Waals surface area contributed by atoms with Gasteiger partial charge in [-0.25, -0.2) is 4.79 Å². The quantitative estimate of drug-likeness (QED) is 0.491. The van der Waals surface area contributed by atoms with Crippen LogP contribution in [0.2, 0.25) is 0 Å². The summed E-state index contributed by atoms with van der Waals surface area (Å²) < 4.78 is 0.